The van der Waals surface area contributed by atoms with Crippen LogP contribution in [0.4, 0.5) is 0 Å². The minimum atomic E-state index is 0.443. The average molecular weight is 220 g/mol. The van der Waals surface area contributed by atoms with Crippen molar-refractivity contribution in [2.75, 3.05) is 19.0 Å². The predicted molar refractivity (Wildman–Crippen MR) is 60.9 cm³/mol. The van der Waals surface area contributed by atoms with Gasteiger partial charge in [-0.2, -0.15) is 0 Å². The summed E-state index contributed by atoms with van der Waals surface area (Å²) in [5.41, 5.74) is 0. The SMILES string of the molecule is CC(C)C(CCl)NCCC1CCCO1. The summed E-state index contributed by atoms with van der Waals surface area (Å²) in [6.45, 7) is 6.38. The number of hydrogen-bond donors (Lipinski definition) is 1. The molecule has 1 fully saturated rings. The molecular formula is C11H22ClNO. The van der Waals surface area contributed by atoms with Gasteiger partial charge in [0.25, 0.3) is 0 Å². The molecule has 14 heavy (non-hydrogen) atoms. The van der Waals surface area contributed by atoms with E-state index in [0.29, 0.717) is 23.9 Å². The Morgan fingerprint density at radius 1 is 1.50 bits per heavy atom. The van der Waals surface area contributed by atoms with E-state index >= 15 is 0 Å². The second-order valence-electron chi connectivity index (χ2n) is 4.38. The van der Waals surface area contributed by atoms with E-state index < -0.39 is 0 Å². The predicted octanol–water partition coefficient (Wildman–Crippen LogP) is 2.41. The van der Waals surface area contributed by atoms with Crippen molar-refractivity contribution in [2.45, 2.75) is 45.3 Å². The molecule has 0 amide bonds. The highest BCUT2D eigenvalue weighted by molar-refractivity contribution is 6.18. The maximum absolute atomic E-state index is 5.86. The van der Waals surface area contributed by atoms with Gasteiger partial charge in [-0.25, -0.2) is 0 Å². The van der Waals surface area contributed by atoms with Crippen LogP contribution in [-0.4, -0.2) is 31.2 Å². The van der Waals surface area contributed by atoms with E-state index in [-0.39, 0.29) is 0 Å². The summed E-state index contributed by atoms with van der Waals surface area (Å²) >= 11 is 5.86. The largest absolute Gasteiger partial charge is 0.378 e. The van der Waals surface area contributed by atoms with Crippen molar-refractivity contribution in [1.29, 1.82) is 0 Å². The van der Waals surface area contributed by atoms with Gasteiger partial charge in [0.15, 0.2) is 0 Å². The van der Waals surface area contributed by atoms with Crippen molar-refractivity contribution in [3.05, 3.63) is 0 Å². The Morgan fingerprint density at radius 2 is 2.29 bits per heavy atom. The first-order chi connectivity index (χ1) is 6.74. The van der Waals surface area contributed by atoms with E-state index in [1.54, 1.807) is 0 Å². The smallest absolute Gasteiger partial charge is 0.0588 e. The minimum Gasteiger partial charge on any atom is -0.378 e. The molecule has 2 atom stereocenters. The van der Waals surface area contributed by atoms with Gasteiger partial charge in [0.05, 0.1) is 6.10 Å². The first-order valence-corrected chi connectivity index (χ1v) is 6.18. The van der Waals surface area contributed by atoms with Gasteiger partial charge in [-0.1, -0.05) is 13.8 Å². The molecule has 0 spiro atoms. The Hall–Kier alpha value is 0.210. The first kappa shape index (κ1) is 12.3. The number of rotatable bonds is 6. The number of halogens is 1. The zero-order chi connectivity index (χ0) is 10.4. The van der Waals surface area contributed by atoms with Gasteiger partial charge >= 0.3 is 0 Å². The van der Waals surface area contributed by atoms with Crippen molar-refractivity contribution in [1.82, 2.24) is 5.32 Å². The van der Waals surface area contributed by atoms with E-state index in [9.17, 15) is 0 Å². The highest BCUT2D eigenvalue weighted by Gasteiger charge is 2.16. The van der Waals surface area contributed by atoms with E-state index in [4.69, 9.17) is 16.3 Å². The van der Waals surface area contributed by atoms with Crippen LogP contribution in [-0.2, 0) is 4.74 Å². The van der Waals surface area contributed by atoms with E-state index in [0.717, 1.165) is 19.6 Å². The molecular weight excluding hydrogens is 198 g/mol. The second kappa shape index (κ2) is 6.65. The fourth-order valence-corrected chi connectivity index (χ4v) is 2.24. The molecule has 0 aromatic carbocycles. The molecule has 0 aliphatic carbocycles. The van der Waals surface area contributed by atoms with Crippen molar-refractivity contribution in [3.8, 4) is 0 Å². The van der Waals surface area contributed by atoms with E-state index in [1.807, 2.05) is 0 Å². The Balaban J connectivity index is 2.06. The summed E-state index contributed by atoms with van der Waals surface area (Å²) in [4.78, 5) is 0. The Bertz CT molecular complexity index is 146. The van der Waals surface area contributed by atoms with Crippen molar-refractivity contribution < 1.29 is 4.74 Å². The number of alkyl halides is 1. The fourth-order valence-electron chi connectivity index (χ4n) is 1.77. The lowest BCUT2D eigenvalue weighted by Gasteiger charge is -2.20. The van der Waals surface area contributed by atoms with Gasteiger partial charge in [-0.05, 0) is 31.7 Å². The van der Waals surface area contributed by atoms with Crippen molar-refractivity contribution in [2.24, 2.45) is 5.92 Å². The van der Waals surface area contributed by atoms with Gasteiger partial charge < -0.3 is 10.1 Å². The third-order valence-electron chi connectivity index (χ3n) is 2.87. The van der Waals surface area contributed by atoms with Gasteiger partial charge in [0, 0.05) is 18.5 Å². The van der Waals surface area contributed by atoms with E-state index in [2.05, 4.69) is 19.2 Å². The quantitative estimate of drug-likeness (QED) is 0.693. The average Bonchev–Trinajstić information content (AvgIpc) is 2.64. The van der Waals surface area contributed by atoms with Gasteiger partial charge in [-0.15, -0.1) is 11.6 Å². The van der Waals surface area contributed by atoms with Gasteiger partial charge in [0.2, 0.25) is 0 Å². The lowest BCUT2D eigenvalue weighted by molar-refractivity contribution is 0.103. The van der Waals surface area contributed by atoms with Crippen molar-refractivity contribution >= 4 is 11.6 Å². The number of ether oxygens (including phenoxy) is 1. The van der Waals surface area contributed by atoms with Gasteiger partial charge in [-0.3, -0.25) is 0 Å². The van der Waals surface area contributed by atoms with Crippen molar-refractivity contribution in [3.63, 3.8) is 0 Å². The molecule has 0 aromatic heterocycles. The van der Waals surface area contributed by atoms with Crippen LogP contribution in [0, 0.1) is 5.92 Å². The summed E-state index contributed by atoms with van der Waals surface area (Å²) < 4.78 is 5.56. The number of hydrogen-bond acceptors (Lipinski definition) is 2. The zero-order valence-electron chi connectivity index (χ0n) is 9.26. The normalized spacial score (nSPS) is 24.4. The molecule has 0 bridgehead atoms. The maximum Gasteiger partial charge on any atom is 0.0588 e. The second-order valence-corrected chi connectivity index (χ2v) is 4.69. The highest BCUT2D eigenvalue weighted by atomic mass is 35.5. The lowest BCUT2D eigenvalue weighted by atomic mass is 10.1. The lowest BCUT2D eigenvalue weighted by Crippen LogP contribution is -2.37. The van der Waals surface area contributed by atoms with Crippen LogP contribution in [0.15, 0.2) is 0 Å². The standard InChI is InChI=1S/C11H22ClNO/c1-9(2)11(8-12)13-6-5-10-4-3-7-14-10/h9-11,13H,3-8H2,1-2H3. The van der Waals surface area contributed by atoms with E-state index in [1.165, 1.54) is 12.8 Å². The molecule has 1 aliphatic heterocycles. The van der Waals surface area contributed by atoms with Crippen LogP contribution in [0.1, 0.15) is 33.1 Å². The summed E-state index contributed by atoms with van der Waals surface area (Å²) in [6.07, 6.45) is 4.08. The molecule has 1 rings (SSSR count). The topological polar surface area (TPSA) is 21.3 Å². The molecule has 2 nitrogen and oxygen atoms in total. The molecule has 0 radical (unpaired) electrons. The molecule has 3 heteroatoms. The summed E-state index contributed by atoms with van der Waals surface area (Å²) in [5, 5.41) is 3.48. The van der Waals surface area contributed by atoms with Gasteiger partial charge in [0.1, 0.15) is 0 Å². The molecule has 1 aliphatic rings. The monoisotopic (exact) mass is 219 g/mol. The van der Waals surface area contributed by atoms with Crippen LogP contribution in [0.2, 0.25) is 0 Å². The number of nitrogens with one attached hydrogen (secondary N) is 1. The zero-order valence-corrected chi connectivity index (χ0v) is 10.0. The van der Waals surface area contributed by atoms with Crippen LogP contribution in [0.25, 0.3) is 0 Å². The van der Waals surface area contributed by atoms with Crippen LogP contribution < -0.4 is 5.32 Å². The Morgan fingerprint density at radius 3 is 2.79 bits per heavy atom. The third-order valence-corrected chi connectivity index (χ3v) is 3.20. The molecule has 1 heterocycles. The maximum atomic E-state index is 5.86. The molecule has 0 aromatic rings. The molecule has 84 valence electrons. The third kappa shape index (κ3) is 4.16. The summed E-state index contributed by atoms with van der Waals surface area (Å²) in [5.74, 6) is 1.31. The minimum absolute atomic E-state index is 0.443. The summed E-state index contributed by atoms with van der Waals surface area (Å²) in [6, 6.07) is 0.443. The van der Waals surface area contributed by atoms with Crippen LogP contribution in [0.3, 0.4) is 0 Å². The molecule has 1 N–H and O–H groups in total. The highest BCUT2D eigenvalue weighted by Crippen LogP contribution is 2.14. The fraction of sp³-hybridized carbons (Fsp3) is 1.00. The Kier molecular flexibility index (Phi) is 5.83. The first-order valence-electron chi connectivity index (χ1n) is 5.65. The molecule has 0 saturated carbocycles. The van der Waals surface area contributed by atoms with Crippen LogP contribution >= 0.6 is 11.6 Å². The summed E-state index contributed by atoms with van der Waals surface area (Å²) in [7, 11) is 0. The Labute approximate surface area is 92.3 Å². The molecule has 1 saturated heterocycles. The van der Waals surface area contributed by atoms with Crippen LogP contribution in [0.5, 0.6) is 0 Å². The molecule has 2 unspecified atom stereocenters.